The molecule has 2 rings (SSSR count). The minimum atomic E-state index is 0.720. The van der Waals surface area contributed by atoms with E-state index >= 15 is 0 Å². The summed E-state index contributed by atoms with van der Waals surface area (Å²) in [7, 11) is 0. The van der Waals surface area contributed by atoms with Gasteiger partial charge in [0.25, 0.3) is 0 Å². The van der Waals surface area contributed by atoms with Crippen LogP contribution < -0.4 is 5.32 Å². The quantitative estimate of drug-likeness (QED) is 0.708. The second kappa shape index (κ2) is 6.21. The van der Waals surface area contributed by atoms with Crippen molar-refractivity contribution in [1.29, 1.82) is 0 Å². The van der Waals surface area contributed by atoms with Gasteiger partial charge >= 0.3 is 0 Å². The summed E-state index contributed by atoms with van der Waals surface area (Å²) in [6.45, 7) is 4.77. The summed E-state index contributed by atoms with van der Waals surface area (Å²) in [5.74, 6) is 0.961. The van der Waals surface area contributed by atoms with Crippen LogP contribution in [0.15, 0.2) is 6.20 Å². The number of hydrogen-bond donors (Lipinski definition) is 1. The predicted octanol–water partition coefficient (Wildman–Crippen LogP) is 3.28. The maximum Gasteiger partial charge on any atom is 0.182 e. The fourth-order valence-corrected chi connectivity index (χ4v) is 2.29. The van der Waals surface area contributed by atoms with Crippen molar-refractivity contribution in [3.8, 4) is 0 Å². The van der Waals surface area contributed by atoms with Gasteiger partial charge in [-0.3, -0.25) is 0 Å². The molecule has 0 atom stereocenters. The molecule has 1 aliphatic carbocycles. The lowest BCUT2D eigenvalue weighted by atomic mass is 10.3. The smallest absolute Gasteiger partial charge is 0.182 e. The van der Waals surface area contributed by atoms with Gasteiger partial charge in [-0.05, 0) is 18.8 Å². The summed E-state index contributed by atoms with van der Waals surface area (Å²) >= 11 is 1.70. The zero-order valence-electron chi connectivity index (χ0n) is 9.87. The van der Waals surface area contributed by atoms with Crippen LogP contribution >= 0.6 is 11.3 Å². The fourth-order valence-electron chi connectivity index (χ4n) is 1.52. The second-order valence-corrected chi connectivity index (χ2v) is 5.46. The molecule has 90 valence electrons. The summed E-state index contributed by atoms with van der Waals surface area (Å²) in [4.78, 5) is 5.52. The van der Waals surface area contributed by atoms with E-state index in [-0.39, 0.29) is 0 Å². The molecular weight excluding hydrogens is 220 g/mol. The largest absolute Gasteiger partial charge is 0.376 e. The third-order valence-electron chi connectivity index (χ3n) is 2.69. The van der Waals surface area contributed by atoms with Crippen LogP contribution in [0.5, 0.6) is 0 Å². The first-order valence-electron chi connectivity index (χ1n) is 6.15. The molecule has 0 aromatic carbocycles. The van der Waals surface area contributed by atoms with Crippen molar-refractivity contribution in [3.05, 3.63) is 11.1 Å². The highest BCUT2D eigenvalue weighted by Gasteiger charge is 2.20. The minimum Gasteiger partial charge on any atom is -0.376 e. The molecule has 4 heteroatoms. The van der Waals surface area contributed by atoms with E-state index in [0.29, 0.717) is 0 Å². The van der Waals surface area contributed by atoms with Crippen molar-refractivity contribution >= 4 is 16.5 Å². The van der Waals surface area contributed by atoms with Crippen LogP contribution in [-0.4, -0.2) is 18.1 Å². The van der Waals surface area contributed by atoms with Gasteiger partial charge in [-0.1, -0.05) is 31.1 Å². The molecule has 1 aromatic rings. The van der Waals surface area contributed by atoms with Gasteiger partial charge in [0.15, 0.2) is 5.13 Å². The average Bonchev–Trinajstić information content (AvgIpc) is 3.01. The molecular formula is C12H20N2OS. The van der Waals surface area contributed by atoms with Crippen molar-refractivity contribution in [3.63, 3.8) is 0 Å². The van der Waals surface area contributed by atoms with Crippen molar-refractivity contribution < 1.29 is 4.74 Å². The maximum absolute atomic E-state index is 5.63. The van der Waals surface area contributed by atoms with E-state index in [1.165, 1.54) is 24.1 Å². The van der Waals surface area contributed by atoms with Gasteiger partial charge in [-0.2, -0.15) is 0 Å². The molecule has 0 bridgehead atoms. The molecule has 1 saturated carbocycles. The first kappa shape index (κ1) is 11.9. The summed E-state index contributed by atoms with van der Waals surface area (Å²) in [5, 5.41) is 4.30. The fraction of sp³-hybridized carbons (Fsp3) is 0.750. The minimum absolute atomic E-state index is 0.720. The highest BCUT2D eigenvalue weighted by Crippen LogP contribution is 2.32. The molecule has 1 aliphatic rings. The molecule has 0 saturated heterocycles. The molecule has 3 nitrogen and oxygen atoms in total. The number of aromatic nitrogens is 1. The zero-order chi connectivity index (χ0) is 11.2. The summed E-state index contributed by atoms with van der Waals surface area (Å²) in [5.41, 5.74) is 0. The number of rotatable bonds is 8. The number of nitrogens with one attached hydrogen (secondary N) is 1. The molecule has 0 unspecified atom stereocenters. The van der Waals surface area contributed by atoms with Crippen LogP contribution in [-0.2, 0) is 11.3 Å². The van der Waals surface area contributed by atoms with Crippen molar-refractivity contribution in [2.45, 2.75) is 39.2 Å². The van der Waals surface area contributed by atoms with Crippen LogP contribution in [0.1, 0.15) is 37.5 Å². The number of thiazole rings is 1. The Bertz CT molecular complexity index is 310. The Kier molecular flexibility index (Phi) is 4.60. The molecule has 0 radical (unpaired) electrons. The van der Waals surface area contributed by atoms with E-state index in [1.807, 2.05) is 6.20 Å². The van der Waals surface area contributed by atoms with Crippen molar-refractivity contribution in [2.24, 2.45) is 5.92 Å². The number of hydrogen-bond acceptors (Lipinski definition) is 4. The SMILES string of the molecule is CCCNc1ncc(COCCC2CC2)s1. The third-order valence-corrected chi connectivity index (χ3v) is 3.62. The van der Waals surface area contributed by atoms with E-state index in [2.05, 4.69) is 17.2 Å². The van der Waals surface area contributed by atoms with Crippen molar-refractivity contribution in [1.82, 2.24) is 4.98 Å². The van der Waals surface area contributed by atoms with Crippen LogP contribution in [0.25, 0.3) is 0 Å². The first-order valence-corrected chi connectivity index (χ1v) is 6.96. The number of anilines is 1. The molecule has 0 aliphatic heterocycles. The summed E-state index contributed by atoms with van der Waals surface area (Å²) in [6, 6.07) is 0. The van der Waals surface area contributed by atoms with E-state index in [4.69, 9.17) is 4.74 Å². The van der Waals surface area contributed by atoms with Crippen LogP contribution in [0.2, 0.25) is 0 Å². The van der Waals surface area contributed by atoms with Crippen LogP contribution in [0, 0.1) is 5.92 Å². The first-order chi connectivity index (χ1) is 7.88. The zero-order valence-corrected chi connectivity index (χ0v) is 10.7. The molecule has 0 spiro atoms. The standard InChI is InChI=1S/C12H20N2OS/c1-2-6-13-12-14-8-11(16-12)9-15-7-5-10-3-4-10/h8,10H,2-7,9H2,1H3,(H,13,14). The summed E-state index contributed by atoms with van der Waals surface area (Å²) < 4.78 is 5.63. The number of nitrogens with zero attached hydrogens (tertiary/aromatic N) is 1. The molecule has 1 heterocycles. The normalized spacial score (nSPS) is 15.3. The Labute approximate surface area is 101 Å². The molecule has 0 amide bonds. The Hall–Kier alpha value is -0.610. The lowest BCUT2D eigenvalue weighted by Gasteiger charge is -2.00. The Morgan fingerprint density at radius 3 is 3.19 bits per heavy atom. The van der Waals surface area contributed by atoms with Crippen LogP contribution in [0.4, 0.5) is 5.13 Å². The summed E-state index contributed by atoms with van der Waals surface area (Å²) in [6.07, 6.45) is 7.11. The topological polar surface area (TPSA) is 34.2 Å². The van der Waals surface area contributed by atoms with Gasteiger partial charge in [-0.25, -0.2) is 4.98 Å². The van der Waals surface area contributed by atoms with Gasteiger partial charge in [0, 0.05) is 19.3 Å². The lowest BCUT2D eigenvalue weighted by molar-refractivity contribution is 0.117. The van der Waals surface area contributed by atoms with Gasteiger partial charge in [0.1, 0.15) is 0 Å². The second-order valence-electron chi connectivity index (χ2n) is 4.34. The van der Waals surface area contributed by atoms with E-state index in [0.717, 1.165) is 37.2 Å². The van der Waals surface area contributed by atoms with Gasteiger partial charge in [-0.15, -0.1) is 0 Å². The number of ether oxygens (including phenoxy) is 1. The molecule has 1 N–H and O–H groups in total. The maximum atomic E-state index is 5.63. The average molecular weight is 240 g/mol. The third kappa shape index (κ3) is 4.10. The molecule has 16 heavy (non-hydrogen) atoms. The Morgan fingerprint density at radius 1 is 1.56 bits per heavy atom. The van der Waals surface area contributed by atoms with E-state index in [9.17, 15) is 0 Å². The van der Waals surface area contributed by atoms with Crippen LogP contribution in [0.3, 0.4) is 0 Å². The molecule has 1 fully saturated rings. The lowest BCUT2D eigenvalue weighted by Crippen LogP contribution is -1.97. The van der Waals surface area contributed by atoms with Gasteiger partial charge < -0.3 is 10.1 Å². The van der Waals surface area contributed by atoms with Crippen molar-refractivity contribution in [2.75, 3.05) is 18.5 Å². The highest BCUT2D eigenvalue weighted by molar-refractivity contribution is 7.15. The Balaban J connectivity index is 1.61. The monoisotopic (exact) mass is 240 g/mol. The highest BCUT2D eigenvalue weighted by atomic mass is 32.1. The Morgan fingerprint density at radius 2 is 2.44 bits per heavy atom. The van der Waals surface area contributed by atoms with Gasteiger partial charge in [0.05, 0.1) is 11.5 Å². The molecule has 1 aromatic heterocycles. The van der Waals surface area contributed by atoms with E-state index in [1.54, 1.807) is 11.3 Å². The van der Waals surface area contributed by atoms with E-state index < -0.39 is 0 Å². The predicted molar refractivity (Wildman–Crippen MR) is 67.9 cm³/mol. The van der Waals surface area contributed by atoms with Gasteiger partial charge in [0.2, 0.25) is 0 Å².